The molecule has 0 saturated heterocycles. The predicted octanol–water partition coefficient (Wildman–Crippen LogP) is 3.65. The highest BCUT2D eigenvalue weighted by Gasteiger charge is 2.05. The van der Waals surface area contributed by atoms with Crippen LogP contribution in [0.1, 0.15) is 25.0 Å². The highest BCUT2D eigenvalue weighted by atomic mass is 16.5. The molecule has 0 spiro atoms. The Morgan fingerprint density at radius 1 is 1.05 bits per heavy atom. The summed E-state index contributed by atoms with van der Waals surface area (Å²) in [7, 11) is 0. The van der Waals surface area contributed by atoms with Crippen LogP contribution in [0.5, 0.6) is 5.75 Å². The lowest BCUT2D eigenvalue weighted by Gasteiger charge is -2.12. The van der Waals surface area contributed by atoms with E-state index in [9.17, 15) is 0 Å². The number of hydrogen-bond donors (Lipinski definition) is 1. The van der Waals surface area contributed by atoms with Crippen molar-refractivity contribution in [2.75, 3.05) is 11.9 Å². The third-order valence-corrected chi connectivity index (χ3v) is 3.02. The van der Waals surface area contributed by atoms with Gasteiger partial charge in [0.25, 0.3) is 0 Å². The number of anilines is 1. The van der Waals surface area contributed by atoms with E-state index in [-0.39, 0.29) is 0 Å². The summed E-state index contributed by atoms with van der Waals surface area (Å²) < 4.78 is 5.56. The van der Waals surface area contributed by atoms with Gasteiger partial charge in [0, 0.05) is 12.7 Å². The molecule has 0 aliphatic rings. The zero-order valence-electron chi connectivity index (χ0n) is 11.5. The number of nitrogens with one attached hydrogen (secondary N) is 1. The van der Waals surface area contributed by atoms with Crippen LogP contribution >= 0.6 is 0 Å². The van der Waals surface area contributed by atoms with Crippen molar-refractivity contribution in [3.8, 4) is 5.75 Å². The van der Waals surface area contributed by atoms with Gasteiger partial charge >= 0.3 is 0 Å². The van der Waals surface area contributed by atoms with Crippen LogP contribution < -0.4 is 10.1 Å². The molecule has 0 aliphatic carbocycles. The lowest BCUT2D eigenvalue weighted by Crippen LogP contribution is -2.06. The van der Waals surface area contributed by atoms with E-state index in [2.05, 4.69) is 41.5 Å². The second-order valence-electron chi connectivity index (χ2n) is 4.26. The molecule has 1 heterocycles. The molecule has 0 radical (unpaired) electrons. The lowest BCUT2D eigenvalue weighted by molar-refractivity contribution is 0.340. The first-order valence-corrected chi connectivity index (χ1v) is 6.73. The van der Waals surface area contributed by atoms with Crippen LogP contribution in [0.2, 0.25) is 0 Å². The molecule has 2 rings (SSSR count). The Bertz CT molecular complexity index is 526. The van der Waals surface area contributed by atoms with Gasteiger partial charge in [-0.25, -0.2) is 4.98 Å². The first-order chi connectivity index (χ1) is 9.35. The van der Waals surface area contributed by atoms with Gasteiger partial charge in [-0.3, -0.25) is 0 Å². The van der Waals surface area contributed by atoms with Crippen molar-refractivity contribution < 1.29 is 4.74 Å². The fourth-order valence-corrected chi connectivity index (χ4v) is 2.05. The van der Waals surface area contributed by atoms with E-state index >= 15 is 0 Å². The number of benzene rings is 1. The highest BCUT2D eigenvalue weighted by Crippen LogP contribution is 2.22. The molecule has 0 aliphatic heterocycles. The van der Waals surface area contributed by atoms with E-state index in [1.165, 1.54) is 11.1 Å². The normalized spacial score (nSPS) is 10.2. The molecule has 3 heteroatoms. The average molecular weight is 256 g/mol. The maximum absolute atomic E-state index is 5.56. The summed E-state index contributed by atoms with van der Waals surface area (Å²) >= 11 is 0. The van der Waals surface area contributed by atoms with Gasteiger partial charge < -0.3 is 10.1 Å². The fraction of sp³-hybridized carbons (Fsp3) is 0.312. The Labute approximate surface area is 114 Å². The van der Waals surface area contributed by atoms with E-state index in [0.29, 0.717) is 6.61 Å². The molecule has 0 bridgehead atoms. The van der Waals surface area contributed by atoms with Crippen LogP contribution in [-0.4, -0.2) is 11.6 Å². The van der Waals surface area contributed by atoms with E-state index in [0.717, 1.165) is 24.5 Å². The molecule has 100 valence electrons. The maximum atomic E-state index is 5.56. The Kier molecular flexibility index (Phi) is 4.78. The van der Waals surface area contributed by atoms with Crippen molar-refractivity contribution in [2.45, 2.75) is 26.8 Å². The zero-order valence-corrected chi connectivity index (χ0v) is 11.5. The number of pyridine rings is 1. The molecule has 3 nitrogen and oxygen atoms in total. The third-order valence-electron chi connectivity index (χ3n) is 3.02. The van der Waals surface area contributed by atoms with Gasteiger partial charge in [0.15, 0.2) is 11.6 Å². The van der Waals surface area contributed by atoms with E-state index in [1.807, 2.05) is 19.1 Å². The molecule has 1 aromatic carbocycles. The number of aromatic nitrogens is 1. The Balaban J connectivity index is 2.10. The summed E-state index contributed by atoms with van der Waals surface area (Å²) in [6, 6.07) is 12.3. The average Bonchev–Trinajstić information content (AvgIpc) is 2.47. The van der Waals surface area contributed by atoms with Gasteiger partial charge in [0.1, 0.15) is 0 Å². The minimum absolute atomic E-state index is 0.645. The monoisotopic (exact) mass is 256 g/mol. The minimum atomic E-state index is 0.645. The van der Waals surface area contributed by atoms with Gasteiger partial charge in [0.05, 0.1) is 6.61 Å². The van der Waals surface area contributed by atoms with E-state index < -0.39 is 0 Å². The quantitative estimate of drug-likeness (QED) is 0.856. The molecular formula is C16H20N2O. The summed E-state index contributed by atoms with van der Waals surface area (Å²) in [5.74, 6) is 1.61. The van der Waals surface area contributed by atoms with Crippen LogP contribution in [0.25, 0.3) is 0 Å². The summed E-state index contributed by atoms with van der Waals surface area (Å²) in [4.78, 5) is 4.33. The van der Waals surface area contributed by atoms with Crippen molar-refractivity contribution >= 4 is 5.82 Å². The first kappa shape index (κ1) is 13.4. The summed E-state index contributed by atoms with van der Waals surface area (Å²) in [5, 5.41) is 3.35. The Morgan fingerprint density at radius 3 is 2.58 bits per heavy atom. The van der Waals surface area contributed by atoms with Crippen LogP contribution in [0.15, 0.2) is 42.6 Å². The molecule has 0 atom stereocenters. The predicted molar refractivity (Wildman–Crippen MR) is 78.6 cm³/mol. The molecule has 1 N–H and O–H groups in total. The summed E-state index contributed by atoms with van der Waals surface area (Å²) in [6.07, 6.45) is 2.81. The zero-order chi connectivity index (χ0) is 13.5. The van der Waals surface area contributed by atoms with Crippen molar-refractivity contribution in [1.29, 1.82) is 0 Å². The van der Waals surface area contributed by atoms with Gasteiger partial charge in [-0.15, -0.1) is 0 Å². The summed E-state index contributed by atoms with van der Waals surface area (Å²) in [6.45, 7) is 5.56. The van der Waals surface area contributed by atoms with Gasteiger partial charge in [-0.05, 0) is 36.6 Å². The largest absolute Gasteiger partial charge is 0.490 e. The maximum Gasteiger partial charge on any atom is 0.169 e. The molecule has 0 amide bonds. The number of hydrogen-bond acceptors (Lipinski definition) is 3. The first-order valence-electron chi connectivity index (χ1n) is 6.73. The van der Waals surface area contributed by atoms with Crippen LogP contribution in [0.4, 0.5) is 5.82 Å². The van der Waals surface area contributed by atoms with Gasteiger partial charge in [0.2, 0.25) is 0 Å². The second-order valence-corrected chi connectivity index (χ2v) is 4.26. The van der Waals surface area contributed by atoms with Crippen LogP contribution in [0.3, 0.4) is 0 Å². The van der Waals surface area contributed by atoms with E-state index in [4.69, 9.17) is 4.74 Å². The Morgan fingerprint density at radius 2 is 1.84 bits per heavy atom. The molecule has 0 fully saturated rings. The van der Waals surface area contributed by atoms with Crippen LogP contribution in [0, 0.1) is 0 Å². The van der Waals surface area contributed by atoms with Crippen molar-refractivity contribution in [3.63, 3.8) is 0 Å². The van der Waals surface area contributed by atoms with Crippen molar-refractivity contribution in [1.82, 2.24) is 4.98 Å². The second kappa shape index (κ2) is 6.78. The molecule has 1 aromatic heterocycles. The molecule has 2 aromatic rings. The SMILES string of the molecule is CCOc1cccnc1NCc1ccccc1CC. The smallest absolute Gasteiger partial charge is 0.169 e. The molecule has 19 heavy (non-hydrogen) atoms. The highest BCUT2D eigenvalue weighted by molar-refractivity contribution is 5.50. The van der Waals surface area contributed by atoms with Crippen molar-refractivity contribution in [3.05, 3.63) is 53.7 Å². The standard InChI is InChI=1S/C16H20N2O/c1-3-13-8-5-6-9-14(13)12-18-16-15(19-4-2)10-7-11-17-16/h5-11H,3-4,12H2,1-2H3,(H,17,18). The van der Waals surface area contributed by atoms with E-state index in [1.54, 1.807) is 6.20 Å². The molecule has 0 unspecified atom stereocenters. The number of ether oxygens (including phenoxy) is 1. The Hall–Kier alpha value is -2.03. The van der Waals surface area contributed by atoms with Gasteiger partial charge in [-0.2, -0.15) is 0 Å². The third kappa shape index (κ3) is 3.47. The number of rotatable bonds is 6. The van der Waals surface area contributed by atoms with Crippen LogP contribution in [-0.2, 0) is 13.0 Å². The summed E-state index contributed by atoms with van der Waals surface area (Å²) in [5.41, 5.74) is 2.67. The van der Waals surface area contributed by atoms with Crippen molar-refractivity contribution in [2.24, 2.45) is 0 Å². The minimum Gasteiger partial charge on any atom is -0.490 e. The van der Waals surface area contributed by atoms with Gasteiger partial charge in [-0.1, -0.05) is 31.2 Å². The fourth-order valence-electron chi connectivity index (χ4n) is 2.05. The number of aryl methyl sites for hydroxylation is 1. The number of nitrogens with zero attached hydrogens (tertiary/aromatic N) is 1. The topological polar surface area (TPSA) is 34.1 Å². The lowest BCUT2D eigenvalue weighted by atomic mass is 10.1. The molecule has 0 saturated carbocycles. The molecular weight excluding hydrogens is 236 g/mol.